The van der Waals surface area contributed by atoms with E-state index in [0.717, 1.165) is 5.52 Å². The molecule has 2 aromatic rings. The second-order valence-electron chi connectivity index (χ2n) is 4.52. The van der Waals surface area contributed by atoms with Crippen molar-refractivity contribution in [3.05, 3.63) is 30.5 Å². The standard InChI is InChI=1S/C8H5N2.3CH3.Sn/c1-2-4-8-7(3-1)5-6-9-10-8;;;;/h1-3,5-6H;3*1H3;. The van der Waals surface area contributed by atoms with Gasteiger partial charge in [-0.2, -0.15) is 0 Å². The molecular formula is C11H14N2Sn. The van der Waals surface area contributed by atoms with Gasteiger partial charge in [0.05, 0.1) is 0 Å². The van der Waals surface area contributed by atoms with E-state index in [1.807, 2.05) is 6.07 Å². The summed E-state index contributed by atoms with van der Waals surface area (Å²) in [5, 5.41) is 9.43. The van der Waals surface area contributed by atoms with E-state index in [4.69, 9.17) is 0 Å². The van der Waals surface area contributed by atoms with Gasteiger partial charge in [-0.3, -0.25) is 0 Å². The number of hydrogen-bond donors (Lipinski definition) is 0. The van der Waals surface area contributed by atoms with Crippen LogP contribution >= 0.6 is 0 Å². The summed E-state index contributed by atoms with van der Waals surface area (Å²) in [7, 11) is 0. The van der Waals surface area contributed by atoms with Crippen LogP contribution in [0.5, 0.6) is 0 Å². The van der Waals surface area contributed by atoms with Gasteiger partial charge in [-0.05, 0) is 0 Å². The fourth-order valence-electron chi connectivity index (χ4n) is 1.62. The van der Waals surface area contributed by atoms with Gasteiger partial charge >= 0.3 is 88.3 Å². The van der Waals surface area contributed by atoms with Crippen LogP contribution in [0.3, 0.4) is 0 Å². The Balaban J connectivity index is 2.78. The summed E-state index contributed by atoms with van der Waals surface area (Å²) >= 11 is -2.03. The molecule has 14 heavy (non-hydrogen) atoms. The molecule has 0 N–H and O–H groups in total. The molecule has 3 heteroatoms. The molecule has 1 heterocycles. The SMILES string of the molecule is [CH3][Sn]([CH3])([CH3])[c]1cccc2ccnnc12. The molecule has 0 fully saturated rings. The quantitative estimate of drug-likeness (QED) is 0.753. The summed E-state index contributed by atoms with van der Waals surface area (Å²) in [4.78, 5) is 7.20. The van der Waals surface area contributed by atoms with Crippen molar-refractivity contribution in [2.75, 3.05) is 0 Å². The summed E-state index contributed by atoms with van der Waals surface area (Å²) in [6, 6.07) is 8.48. The minimum atomic E-state index is -2.03. The van der Waals surface area contributed by atoms with Crippen molar-refractivity contribution in [3.8, 4) is 0 Å². The van der Waals surface area contributed by atoms with Gasteiger partial charge in [0.2, 0.25) is 0 Å². The predicted molar refractivity (Wildman–Crippen MR) is 62.5 cm³/mol. The van der Waals surface area contributed by atoms with Crippen LogP contribution in [0.4, 0.5) is 0 Å². The third-order valence-electron chi connectivity index (χ3n) is 2.35. The van der Waals surface area contributed by atoms with Gasteiger partial charge in [0.1, 0.15) is 0 Å². The Morgan fingerprint density at radius 2 is 1.86 bits per heavy atom. The first-order valence-electron chi connectivity index (χ1n) is 4.80. The molecule has 0 aliphatic rings. The van der Waals surface area contributed by atoms with Gasteiger partial charge in [0.25, 0.3) is 0 Å². The predicted octanol–water partition coefficient (Wildman–Crippen LogP) is 2.17. The van der Waals surface area contributed by atoms with Crippen LogP contribution in [0.2, 0.25) is 14.8 Å². The normalized spacial score (nSPS) is 11.9. The van der Waals surface area contributed by atoms with Gasteiger partial charge in [0, 0.05) is 0 Å². The van der Waals surface area contributed by atoms with Crippen molar-refractivity contribution in [2.24, 2.45) is 0 Å². The first-order chi connectivity index (χ1) is 6.59. The van der Waals surface area contributed by atoms with E-state index in [2.05, 4.69) is 43.2 Å². The summed E-state index contributed by atoms with van der Waals surface area (Å²) in [6.45, 7) is 0. The van der Waals surface area contributed by atoms with Crippen molar-refractivity contribution < 1.29 is 0 Å². The second-order valence-corrected chi connectivity index (χ2v) is 18.9. The van der Waals surface area contributed by atoms with E-state index in [1.54, 1.807) is 6.20 Å². The topological polar surface area (TPSA) is 25.8 Å². The third kappa shape index (κ3) is 1.75. The minimum absolute atomic E-state index is 1.11. The summed E-state index contributed by atoms with van der Waals surface area (Å²) in [5.74, 6) is 0. The molecule has 2 rings (SSSR count). The zero-order chi connectivity index (χ0) is 10.2. The molecule has 0 amide bonds. The van der Waals surface area contributed by atoms with Crippen LogP contribution in [0.25, 0.3) is 10.9 Å². The van der Waals surface area contributed by atoms with Crippen LogP contribution in [-0.2, 0) is 0 Å². The van der Waals surface area contributed by atoms with Crippen molar-refractivity contribution in [2.45, 2.75) is 14.8 Å². The number of fused-ring (bicyclic) bond motifs is 1. The summed E-state index contributed by atoms with van der Waals surface area (Å²) in [5.41, 5.74) is 1.11. The van der Waals surface area contributed by atoms with Crippen LogP contribution in [0.1, 0.15) is 0 Å². The van der Waals surface area contributed by atoms with E-state index in [1.165, 1.54) is 8.97 Å². The van der Waals surface area contributed by atoms with E-state index in [9.17, 15) is 0 Å². The zero-order valence-corrected chi connectivity index (χ0v) is 11.6. The summed E-state index contributed by atoms with van der Waals surface area (Å²) in [6.07, 6.45) is 1.75. The Kier molecular flexibility index (Phi) is 2.47. The maximum atomic E-state index is 4.25. The fourth-order valence-corrected chi connectivity index (χ4v) is 5.90. The van der Waals surface area contributed by atoms with Crippen molar-refractivity contribution in [1.29, 1.82) is 0 Å². The van der Waals surface area contributed by atoms with Crippen molar-refractivity contribution in [1.82, 2.24) is 10.2 Å². The monoisotopic (exact) mass is 294 g/mol. The molecule has 0 radical (unpaired) electrons. The molecule has 0 aliphatic carbocycles. The average Bonchev–Trinajstić information content (AvgIpc) is 2.15. The number of hydrogen-bond acceptors (Lipinski definition) is 2. The van der Waals surface area contributed by atoms with Crippen molar-refractivity contribution >= 4 is 32.9 Å². The molecule has 0 atom stereocenters. The zero-order valence-electron chi connectivity index (χ0n) is 8.78. The molecule has 1 aromatic carbocycles. The Morgan fingerprint density at radius 1 is 1.07 bits per heavy atom. The van der Waals surface area contributed by atoms with Crippen LogP contribution in [0, 0.1) is 0 Å². The van der Waals surface area contributed by atoms with E-state index < -0.39 is 18.4 Å². The molecule has 0 aliphatic heterocycles. The first-order valence-corrected chi connectivity index (χ1v) is 14.8. The van der Waals surface area contributed by atoms with Gasteiger partial charge in [0.15, 0.2) is 0 Å². The Hall–Kier alpha value is -0.641. The van der Waals surface area contributed by atoms with Crippen molar-refractivity contribution in [3.63, 3.8) is 0 Å². The molecular weight excluding hydrogens is 279 g/mol. The van der Waals surface area contributed by atoms with E-state index in [-0.39, 0.29) is 0 Å². The van der Waals surface area contributed by atoms with Gasteiger partial charge in [-0.15, -0.1) is 0 Å². The molecule has 2 nitrogen and oxygen atoms in total. The molecule has 0 bridgehead atoms. The molecule has 0 spiro atoms. The third-order valence-corrected chi connectivity index (χ3v) is 8.12. The average molecular weight is 293 g/mol. The maximum absolute atomic E-state index is 4.25. The Morgan fingerprint density at radius 3 is 2.57 bits per heavy atom. The molecule has 1 aromatic heterocycles. The van der Waals surface area contributed by atoms with Crippen LogP contribution in [-0.4, -0.2) is 28.6 Å². The first kappa shape index (κ1) is 9.90. The molecule has 72 valence electrons. The summed E-state index contributed by atoms with van der Waals surface area (Å²) < 4.78 is 1.46. The van der Waals surface area contributed by atoms with Gasteiger partial charge in [-0.1, -0.05) is 0 Å². The Bertz CT molecular complexity index is 455. The van der Waals surface area contributed by atoms with Crippen LogP contribution in [0.15, 0.2) is 30.5 Å². The number of aromatic nitrogens is 2. The Labute approximate surface area is 88.2 Å². The number of nitrogens with zero attached hydrogens (tertiary/aromatic N) is 2. The molecule has 0 saturated heterocycles. The van der Waals surface area contributed by atoms with E-state index >= 15 is 0 Å². The molecule has 0 unspecified atom stereocenters. The van der Waals surface area contributed by atoms with Gasteiger partial charge in [-0.25, -0.2) is 0 Å². The van der Waals surface area contributed by atoms with Gasteiger partial charge < -0.3 is 0 Å². The number of rotatable bonds is 1. The van der Waals surface area contributed by atoms with Crippen LogP contribution < -0.4 is 3.58 Å². The second kappa shape index (κ2) is 3.50. The molecule has 0 saturated carbocycles. The number of benzene rings is 1. The fraction of sp³-hybridized carbons (Fsp3) is 0.273. The van der Waals surface area contributed by atoms with E-state index in [0.29, 0.717) is 0 Å².